The lowest BCUT2D eigenvalue weighted by Gasteiger charge is -2.34. The Morgan fingerprint density at radius 2 is 2.08 bits per heavy atom. The lowest BCUT2D eigenvalue weighted by Crippen LogP contribution is -2.50. The van der Waals surface area contributed by atoms with Gasteiger partial charge in [0, 0.05) is 11.4 Å². The zero-order valence-electron chi connectivity index (χ0n) is 14.2. The zero-order chi connectivity index (χ0) is 17.3. The highest BCUT2D eigenvalue weighted by atomic mass is 35.5. The molecule has 1 N–H and O–H groups in total. The van der Waals surface area contributed by atoms with Gasteiger partial charge in [0.25, 0.3) is 5.91 Å². The van der Waals surface area contributed by atoms with Crippen LogP contribution in [0.3, 0.4) is 0 Å². The first kappa shape index (κ1) is 17.7. The highest BCUT2D eigenvalue weighted by Gasteiger charge is 2.52. The molecular weight excluding hydrogens is 346 g/mol. The van der Waals surface area contributed by atoms with E-state index in [0.717, 1.165) is 41.4 Å². The Morgan fingerprint density at radius 3 is 2.67 bits per heavy atom. The molecule has 0 atom stereocenters. The minimum absolute atomic E-state index is 0.0536. The number of imide groups is 1. The largest absolute Gasteiger partial charge is 0.326 e. The van der Waals surface area contributed by atoms with Crippen LogP contribution in [0.25, 0.3) is 0 Å². The van der Waals surface area contributed by atoms with Crippen LogP contribution in [0.1, 0.15) is 44.4 Å². The van der Waals surface area contributed by atoms with Crippen LogP contribution in [0.4, 0.5) is 4.79 Å². The normalized spacial score (nSPS) is 27.3. The summed E-state index contributed by atoms with van der Waals surface area (Å²) in [7, 11) is 0. The van der Waals surface area contributed by atoms with E-state index in [0.29, 0.717) is 19.1 Å². The molecule has 0 radical (unpaired) electrons. The average Bonchev–Trinajstić information content (AvgIpc) is 3.06. The van der Waals surface area contributed by atoms with Gasteiger partial charge < -0.3 is 5.32 Å². The Bertz CT molecular complexity index is 625. The number of carbonyl (C=O) groups excluding carboxylic acids is 2. The highest BCUT2D eigenvalue weighted by Crippen LogP contribution is 2.36. The second-order valence-electron chi connectivity index (χ2n) is 6.92. The summed E-state index contributed by atoms with van der Waals surface area (Å²) >= 11 is 7.52. The van der Waals surface area contributed by atoms with E-state index >= 15 is 0 Å². The van der Waals surface area contributed by atoms with E-state index in [2.05, 4.69) is 17.1 Å². The summed E-state index contributed by atoms with van der Waals surface area (Å²) in [5.41, 5.74) is -0.657. The summed E-state index contributed by atoms with van der Waals surface area (Å²) in [5.74, 6) is 0.576. The monoisotopic (exact) mass is 369 g/mol. The van der Waals surface area contributed by atoms with Gasteiger partial charge in [-0.15, -0.1) is 11.3 Å². The molecule has 7 heteroatoms. The molecule has 0 unspecified atom stereocenters. The van der Waals surface area contributed by atoms with Crippen molar-refractivity contribution in [3.05, 3.63) is 21.3 Å². The molecule has 132 valence electrons. The molecule has 0 aromatic carbocycles. The van der Waals surface area contributed by atoms with Gasteiger partial charge in [0.05, 0.1) is 11.0 Å². The van der Waals surface area contributed by atoms with E-state index in [1.807, 2.05) is 19.1 Å². The minimum Gasteiger partial charge on any atom is -0.323 e. The van der Waals surface area contributed by atoms with Gasteiger partial charge in [-0.1, -0.05) is 25.4 Å². The van der Waals surface area contributed by atoms with Crippen LogP contribution in [0.2, 0.25) is 4.34 Å². The first-order valence-electron chi connectivity index (χ1n) is 8.54. The molecule has 3 rings (SSSR count). The van der Waals surface area contributed by atoms with Crippen LogP contribution < -0.4 is 5.32 Å². The molecule has 0 bridgehead atoms. The van der Waals surface area contributed by atoms with E-state index in [-0.39, 0.29) is 11.9 Å². The predicted molar refractivity (Wildman–Crippen MR) is 96.0 cm³/mol. The van der Waals surface area contributed by atoms with Gasteiger partial charge >= 0.3 is 6.03 Å². The van der Waals surface area contributed by atoms with Crippen LogP contribution in [0.5, 0.6) is 0 Å². The summed E-state index contributed by atoms with van der Waals surface area (Å²) in [6.45, 7) is 6.02. The highest BCUT2D eigenvalue weighted by molar-refractivity contribution is 7.16. The number of nitrogens with one attached hydrogen (secondary N) is 1. The lowest BCUT2D eigenvalue weighted by atomic mass is 9.77. The molecule has 1 aliphatic carbocycles. The van der Waals surface area contributed by atoms with Gasteiger partial charge in [0.15, 0.2) is 0 Å². The Balaban J connectivity index is 1.67. The molecule has 1 aliphatic heterocycles. The lowest BCUT2D eigenvalue weighted by molar-refractivity contribution is -0.134. The molecule has 5 nitrogen and oxygen atoms in total. The van der Waals surface area contributed by atoms with E-state index in [1.54, 1.807) is 0 Å². The minimum atomic E-state index is -0.657. The molecule has 1 aromatic rings. The van der Waals surface area contributed by atoms with E-state index in [4.69, 9.17) is 11.6 Å². The summed E-state index contributed by atoms with van der Waals surface area (Å²) in [5, 5.41) is 2.98. The Hall–Kier alpha value is -1.11. The molecule has 2 heterocycles. The third kappa shape index (κ3) is 3.46. The summed E-state index contributed by atoms with van der Waals surface area (Å²) in [6, 6.07) is 3.62. The van der Waals surface area contributed by atoms with Crippen molar-refractivity contribution in [1.29, 1.82) is 0 Å². The number of carbonyl (C=O) groups is 2. The number of hydrogen-bond donors (Lipinski definition) is 1. The zero-order valence-corrected chi connectivity index (χ0v) is 15.8. The van der Waals surface area contributed by atoms with E-state index in [1.165, 1.54) is 16.2 Å². The Morgan fingerprint density at radius 1 is 1.38 bits per heavy atom. The van der Waals surface area contributed by atoms with Crippen LogP contribution >= 0.6 is 22.9 Å². The van der Waals surface area contributed by atoms with Crippen molar-refractivity contribution >= 4 is 34.9 Å². The van der Waals surface area contributed by atoms with Crippen molar-refractivity contribution in [2.45, 2.75) is 51.6 Å². The van der Waals surface area contributed by atoms with Crippen LogP contribution in [0.15, 0.2) is 12.1 Å². The smallest absolute Gasteiger partial charge is 0.323 e. The predicted octanol–water partition coefficient (Wildman–Crippen LogP) is 3.68. The van der Waals surface area contributed by atoms with Crippen LogP contribution in [0, 0.1) is 5.92 Å². The quantitative estimate of drug-likeness (QED) is 0.805. The fourth-order valence-electron chi connectivity index (χ4n) is 3.52. The Labute approximate surface area is 152 Å². The van der Waals surface area contributed by atoms with Crippen molar-refractivity contribution in [3.63, 3.8) is 0 Å². The molecule has 1 spiro atoms. The number of thiophene rings is 1. The van der Waals surface area contributed by atoms with Gasteiger partial charge in [-0.25, -0.2) is 9.69 Å². The first-order valence-corrected chi connectivity index (χ1v) is 9.73. The van der Waals surface area contributed by atoms with Gasteiger partial charge in [0.2, 0.25) is 0 Å². The maximum absolute atomic E-state index is 12.9. The van der Waals surface area contributed by atoms with Gasteiger partial charge in [-0.05, 0) is 50.3 Å². The van der Waals surface area contributed by atoms with Crippen LogP contribution in [-0.4, -0.2) is 40.5 Å². The SMILES string of the molecule is CCN(Cc1ccc(Cl)s1)CN1C(=O)NC2(CCC(C)CC2)C1=O. The van der Waals surface area contributed by atoms with E-state index in [9.17, 15) is 9.59 Å². The molecule has 3 amide bonds. The Kier molecular flexibility index (Phi) is 5.18. The van der Waals surface area contributed by atoms with E-state index < -0.39 is 5.54 Å². The standard InChI is InChI=1S/C17H24ClN3O2S/c1-3-20(10-13-4-5-14(18)24-13)11-21-15(22)17(19-16(21)23)8-6-12(2)7-9-17/h4-5,12H,3,6-11H2,1-2H3,(H,19,23). The fourth-order valence-corrected chi connectivity index (χ4v) is 4.65. The molecule has 24 heavy (non-hydrogen) atoms. The molecular formula is C17H24ClN3O2S. The van der Waals surface area contributed by atoms with Gasteiger partial charge in [-0.3, -0.25) is 9.69 Å². The van der Waals surface area contributed by atoms with Gasteiger partial charge in [0.1, 0.15) is 5.54 Å². The second kappa shape index (κ2) is 7.02. The van der Waals surface area contributed by atoms with Crippen molar-refractivity contribution in [3.8, 4) is 0 Å². The fraction of sp³-hybridized carbons (Fsp3) is 0.647. The summed E-state index contributed by atoms with van der Waals surface area (Å²) < 4.78 is 0.756. The second-order valence-corrected chi connectivity index (χ2v) is 8.72. The first-order chi connectivity index (χ1) is 11.4. The number of hydrogen-bond acceptors (Lipinski definition) is 4. The molecule has 1 saturated heterocycles. The molecule has 2 fully saturated rings. The topological polar surface area (TPSA) is 52.6 Å². The maximum atomic E-state index is 12.9. The third-order valence-corrected chi connectivity index (χ3v) is 6.39. The summed E-state index contributed by atoms with van der Waals surface area (Å²) in [4.78, 5) is 29.9. The van der Waals surface area contributed by atoms with Crippen molar-refractivity contribution in [2.24, 2.45) is 5.92 Å². The third-order valence-electron chi connectivity index (χ3n) is 5.17. The number of amides is 3. The number of nitrogens with zero attached hydrogens (tertiary/aromatic N) is 2. The molecule has 2 aliphatic rings. The van der Waals surface area contributed by atoms with Crippen molar-refractivity contribution in [2.75, 3.05) is 13.2 Å². The maximum Gasteiger partial charge on any atom is 0.326 e. The average molecular weight is 370 g/mol. The number of rotatable bonds is 5. The molecule has 1 aromatic heterocycles. The van der Waals surface area contributed by atoms with Gasteiger partial charge in [-0.2, -0.15) is 0 Å². The molecule has 1 saturated carbocycles. The van der Waals surface area contributed by atoms with Crippen molar-refractivity contribution < 1.29 is 9.59 Å². The van der Waals surface area contributed by atoms with Crippen LogP contribution in [-0.2, 0) is 11.3 Å². The number of urea groups is 1. The summed E-state index contributed by atoms with van der Waals surface area (Å²) in [6.07, 6.45) is 3.49. The van der Waals surface area contributed by atoms with Crippen molar-refractivity contribution in [1.82, 2.24) is 15.1 Å². The number of halogens is 1.